The van der Waals surface area contributed by atoms with Crippen molar-refractivity contribution in [1.29, 1.82) is 0 Å². The van der Waals surface area contributed by atoms with Crippen molar-refractivity contribution in [2.75, 3.05) is 25.1 Å². The van der Waals surface area contributed by atoms with E-state index in [1.54, 1.807) is 0 Å². The Hall–Kier alpha value is -0.520. The molecule has 0 saturated carbocycles. The Labute approximate surface area is 95.1 Å². The number of fused-ring (bicyclic) bond motifs is 1. The first-order valence-electron chi connectivity index (χ1n) is 4.09. The molecule has 0 aromatic carbocycles. The summed E-state index contributed by atoms with van der Waals surface area (Å²) >= 11 is 0. The van der Waals surface area contributed by atoms with Crippen LogP contribution < -0.4 is 9.64 Å². The van der Waals surface area contributed by atoms with Crippen molar-refractivity contribution in [3.05, 3.63) is 17.8 Å². The van der Waals surface area contributed by atoms with Gasteiger partial charge in [0.05, 0.1) is 6.54 Å². The van der Waals surface area contributed by atoms with Crippen LogP contribution in [0.5, 0.6) is 5.75 Å². The number of pyridine rings is 1. The van der Waals surface area contributed by atoms with Crippen molar-refractivity contribution < 1.29 is 4.74 Å². The van der Waals surface area contributed by atoms with E-state index in [1.165, 1.54) is 0 Å². The van der Waals surface area contributed by atoms with Crippen LogP contribution >= 0.6 is 24.0 Å². The topological polar surface area (TPSA) is 25.4 Å². The van der Waals surface area contributed by atoms with E-state index in [-0.39, 0.29) is 24.0 Å². The molecule has 2 rings (SSSR count). The Morgan fingerprint density at radius 1 is 1.46 bits per heavy atom. The van der Waals surface area contributed by atoms with Crippen molar-refractivity contribution in [3.8, 4) is 5.75 Å². The Kier molecular flexibility index (Phi) is 3.35. The van der Waals surface area contributed by atoms with Crippen LogP contribution in [-0.2, 0) is 0 Å². The van der Waals surface area contributed by atoms with Crippen molar-refractivity contribution in [3.63, 3.8) is 0 Å². The quantitative estimate of drug-likeness (QED) is 0.682. The minimum Gasteiger partial charge on any atom is -0.488 e. The second-order valence-corrected chi connectivity index (χ2v) is 3.04. The molecule has 0 saturated heterocycles. The molecule has 1 aromatic rings. The summed E-state index contributed by atoms with van der Waals surface area (Å²) in [6.45, 7) is 3.67. The van der Waals surface area contributed by atoms with Crippen LogP contribution in [0.1, 0.15) is 5.69 Å². The SMILES string of the molecule is Cc1ccc2c(n1)N(C)CCO2.I. The normalized spacial score (nSPS) is 14.2. The lowest BCUT2D eigenvalue weighted by molar-refractivity contribution is 0.309. The van der Waals surface area contributed by atoms with Gasteiger partial charge in [0.1, 0.15) is 6.61 Å². The highest BCUT2D eigenvalue weighted by molar-refractivity contribution is 14.0. The van der Waals surface area contributed by atoms with Crippen LogP contribution in [0.4, 0.5) is 5.82 Å². The minimum absolute atomic E-state index is 0. The largest absolute Gasteiger partial charge is 0.488 e. The average Bonchev–Trinajstić information content (AvgIpc) is 2.07. The zero-order valence-corrected chi connectivity index (χ0v) is 10.1. The maximum absolute atomic E-state index is 5.44. The van der Waals surface area contributed by atoms with E-state index < -0.39 is 0 Å². The lowest BCUT2D eigenvalue weighted by Crippen LogP contribution is -2.29. The first kappa shape index (κ1) is 10.6. The second-order valence-electron chi connectivity index (χ2n) is 3.04. The molecule has 0 atom stereocenters. The summed E-state index contributed by atoms with van der Waals surface area (Å²) in [6, 6.07) is 3.95. The zero-order valence-electron chi connectivity index (χ0n) is 7.78. The van der Waals surface area contributed by atoms with Gasteiger partial charge >= 0.3 is 0 Å². The van der Waals surface area contributed by atoms with E-state index in [9.17, 15) is 0 Å². The molecule has 0 aliphatic carbocycles. The molecule has 72 valence electrons. The van der Waals surface area contributed by atoms with Gasteiger partial charge in [-0.1, -0.05) is 0 Å². The van der Waals surface area contributed by atoms with E-state index >= 15 is 0 Å². The van der Waals surface area contributed by atoms with Gasteiger partial charge in [-0.05, 0) is 19.1 Å². The maximum Gasteiger partial charge on any atom is 0.171 e. The predicted molar refractivity (Wildman–Crippen MR) is 63.2 cm³/mol. The summed E-state index contributed by atoms with van der Waals surface area (Å²) in [6.07, 6.45) is 0. The smallest absolute Gasteiger partial charge is 0.171 e. The van der Waals surface area contributed by atoms with Crippen molar-refractivity contribution in [1.82, 2.24) is 4.98 Å². The van der Waals surface area contributed by atoms with Crippen LogP contribution in [0.2, 0.25) is 0 Å². The number of hydrogen-bond donors (Lipinski definition) is 0. The van der Waals surface area contributed by atoms with Crippen molar-refractivity contribution >= 4 is 29.8 Å². The number of likely N-dealkylation sites (N-methyl/N-ethyl adjacent to an activating group) is 1. The molecule has 0 radical (unpaired) electrons. The van der Waals surface area contributed by atoms with Crippen LogP contribution in [-0.4, -0.2) is 25.2 Å². The van der Waals surface area contributed by atoms with Gasteiger partial charge in [-0.25, -0.2) is 4.98 Å². The third-order valence-electron chi connectivity index (χ3n) is 2.02. The van der Waals surface area contributed by atoms with Crippen molar-refractivity contribution in [2.24, 2.45) is 0 Å². The molecule has 0 bridgehead atoms. The predicted octanol–water partition coefficient (Wildman–Crippen LogP) is 1.84. The number of nitrogens with zero attached hydrogens (tertiary/aromatic N) is 2. The molecular formula is C9H13IN2O. The molecule has 1 aliphatic rings. The van der Waals surface area contributed by atoms with Crippen LogP contribution in [0.15, 0.2) is 12.1 Å². The summed E-state index contributed by atoms with van der Waals surface area (Å²) < 4.78 is 5.44. The third kappa shape index (κ3) is 2.04. The maximum atomic E-state index is 5.44. The van der Waals surface area contributed by atoms with Gasteiger partial charge in [0.15, 0.2) is 11.6 Å². The van der Waals surface area contributed by atoms with E-state index in [2.05, 4.69) is 9.88 Å². The summed E-state index contributed by atoms with van der Waals surface area (Å²) in [4.78, 5) is 6.51. The molecule has 13 heavy (non-hydrogen) atoms. The number of aromatic nitrogens is 1. The lowest BCUT2D eigenvalue weighted by atomic mass is 10.3. The zero-order chi connectivity index (χ0) is 8.55. The van der Waals surface area contributed by atoms with Gasteiger partial charge in [-0.2, -0.15) is 0 Å². The van der Waals surface area contributed by atoms with Crippen molar-refractivity contribution in [2.45, 2.75) is 6.92 Å². The molecule has 0 fully saturated rings. The Balaban J connectivity index is 0.000000845. The van der Waals surface area contributed by atoms with E-state index in [4.69, 9.17) is 4.74 Å². The van der Waals surface area contributed by atoms with E-state index in [0.29, 0.717) is 0 Å². The highest BCUT2D eigenvalue weighted by Crippen LogP contribution is 2.27. The number of rotatable bonds is 0. The Morgan fingerprint density at radius 3 is 3.00 bits per heavy atom. The molecule has 0 N–H and O–H groups in total. The number of halogens is 1. The Bertz CT molecular complexity index is 304. The summed E-state index contributed by atoms with van der Waals surface area (Å²) in [5.74, 6) is 1.86. The van der Waals surface area contributed by atoms with Crippen LogP contribution in [0, 0.1) is 6.92 Å². The number of hydrogen-bond acceptors (Lipinski definition) is 3. The molecule has 0 spiro atoms. The average molecular weight is 292 g/mol. The molecule has 0 unspecified atom stereocenters. The fourth-order valence-corrected chi connectivity index (χ4v) is 1.31. The van der Waals surface area contributed by atoms with Crippen LogP contribution in [0.3, 0.4) is 0 Å². The first-order chi connectivity index (χ1) is 5.77. The van der Waals surface area contributed by atoms with Gasteiger partial charge in [-0.3, -0.25) is 0 Å². The molecule has 1 aliphatic heterocycles. The monoisotopic (exact) mass is 292 g/mol. The highest BCUT2D eigenvalue weighted by Gasteiger charge is 2.15. The molecular weight excluding hydrogens is 279 g/mol. The van der Waals surface area contributed by atoms with E-state index in [0.717, 1.165) is 30.4 Å². The standard InChI is InChI=1S/C9H12N2O.HI/c1-7-3-4-8-9(10-7)11(2)5-6-12-8;/h3-4H,5-6H2,1-2H3;1H. The number of ether oxygens (including phenoxy) is 1. The third-order valence-corrected chi connectivity index (χ3v) is 2.02. The van der Waals surface area contributed by atoms with Gasteiger partial charge in [0.25, 0.3) is 0 Å². The molecule has 2 heterocycles. The summed E-state index contributed by atoms with van der Waals surface area (Å²) in [5.41, 5.74) is 1.03. The van der Waals surface area contributed by atoms with Crippen LogP contribution in [0.25, 0.3) is 0 Å². The molecule has 4 heteroatoms. The first-order valence-corrected chi connectivity index (χ1v) is 4.09. The highest BCUT2D eigenvalue weighted by atomic mass is 127. The fourth-order valence-electron chi connectivity index (χ4n) is 1.31. The molecule has 1 aromatic heterocycles. The van der Waals surface area contributed by atoms with E-state index in [1.807, 2.05) is 26.1 Å². The Morgan fingerprint density at radius 2 is 2.23 bits per heavy atom. The van der Waals surface area contributed by atoms with Gasteiger partial charge in [0.2, 0.25) is 0 Å². The number of aryl methyl sites for hydroxylation is 1. The minimum atomic E-state index is 0. The second kappa shape index (κ2) is 4.13. The number of anilines is 1. The van der Waals surface area contributed by atoms with Gasteiger partial charge < -0.3 is 9.64 Å². The lowest BCUT2D eigenvalue weighted by Gasteiger charge is -2.26. The molecule has 0 amide bonds. The molecule has 3 nitrogen and oxygen atoms in total. The summed E-state index contributed by atoms with van der Waals surface area (Å²) in [5, 5.41) is 0. The fraction of sp³-hybridized carbons (Fsp3) is 0.444. The van der Waals surface area contributed by atoms with Gasteiger partial charge in [-0.15, -0.1) is 24.0 Å². The van der Waals surface area contributed by atoms with Gasteiger partial charge in [0, 0.05) is 12.7 Å². The summed E-state index contributed by atoms with van der Waals surface area (Å²) in [7, 11) is 2.04.